The van der Waals surface area contributed by atoms with E-state index < -0.39 is 0 Å². The van der Waals surface area contributed by atoms with Gasteiger partial charge >= 0.3 is 6.03 Å². The van der Waals surface area contributed by atoms with Gasteiger partial charge in [0, 0.05) is 50.0 Å². The summed E-state index contributed by atoms with van der Waals surface area (Å²) < 4.78 is 6.00. The van der Waals surface area contributed by atoms with Crippen molar-refractivity contribution in [3.63, 3.8) is 0 Å². The summed E-state index contributed by atoms with van der Waals surface area (Å²) in [6.07, 6.45) is 0. The molecule has 1 aromatic rings. The van der Waals surface area contributed by atoms with E-state index in [0.29, 0.717) is 13.2 Å². The first kappa shape index (κ1) is 15.1. The monoisotopic (exact) mass is 341 g/mol. The Hall–Kier alpha value is -1.27. The Kier molecular flexibility index (Phi) is 5.67. The first-order valence-electron chi connectivity index (χ1n) is 6.73. The molecule has 0 atom stereocenters. The van der Waals surface area contributed by atoms with Gasteiger partial charge in [-0.3, -0.25) is 0 Å². The van der Waals surface area contributed by atoms with Crippen LogP contribution in [0.1, 0.15) is 0 Å². The van der Waals surface area contributed by atoms with Gasteiger partial charge in [-0.1, -0.05) is 15.9 Å². The van der Waals surface area contributed by atoms with Crippen molar-refractivity contribution in [1.29, 1.82) is 0 Å². The molecule has 1 aliphatic rings. The van der Waals surface area contributed by atoms with Gasteiger partial charge in [-0.15, -0.1) is 0 Å². The highest BCUT2D eigenvalue weighted by molar-refractivity contribution is 9.10. The van der Waals surface area contributed by atoms with Gasteiger partial charge in [-0.2, -0.15) is 0 Å². The number of piperazine rings is 1. The summed E-state index contributed by atoms with van der Waals surface area (Å²) in [5.74, 6) is 0. The smallest absolute Gasteiger partial charge is 0.317 e. The van der Waals surface area contributed by atoms with Crippen molar-refractivity contribution in [1.82, 2.24) is 10.2 Å². The molecule has 1 aromatic carbocycles. The number of amides is 2. The molecule has 0 aromatic heterocycles. The zero-order chi connectivity index (χ0) is 14.4. The Morgan fingerprint density at radius 2 is 1.90 bits per heavy atom. The van der Waals surface area contributed by atoms with Crippen LogP contribution in [0.25, 0.3) is 0 Å². The summed E-state index contributed by atoms with van der Waals surface area (Å²) in [5, 5.41) is 2.85. The highest BCUT2D eigenvalue weighted by Gasteiger charge is 2.20. The second-order valence-corrected chi connectivity index (χ2v) is 5.59. The SMILES string of the molecule is COCCNC(=O)N1CCN(c2ccc(Br)cc2)CC1. The standard InChI is InChI=1S/C14H20BrN3O2/c1-20-11-6-16-14(19)18-9-7-17(8-10-18)13-4-2-12(15)3-5-13/h2-5H,6-11H2,1H3,(H,16,19). The van der Waals surface area contributed by atoms with E-state index in [1.54, 1.807) is 7.11 Å². The predicted octanol–water partition coefficient (Wildman–Crippen LogP) is 1.93. The molecule has 0 unspecified atom stereocenters. The number of ether oxygens (including phenoxy) is 1. The van der Waals surface area contributed by atoms with E-state index >= 15 is 0 Å². The maximum Gasteiger partial charge on any atom is 0.317 e. The molecule has 1 aliphatic heterocycles. The van der Waals surface area contributed by atoms with Crippen molar-refractivity contribution in [3.8, 4) is 0 Å². The summed E-state index contributed by atoms with van der Waals surface area (Å²) in [5.41, 5.74) is 1.20. The van der Waals surface area contributed by atoms with Crippen LogP contribution in [0.4, 0.5) is 10.5 Å². The molecule has 1 saturated heterocycles. The first-order valence-corrected chi connectivity index (χ1v) is 7.52. The number of urea groups is 1. The molecular weight excluding hydrogens is 322 g/mol. The Bertz CT molecular complexity index is 431. The third-order valence-corrected chi connectivity index (χ3v) is 3.87. The van der Waals surface area contributed by atoms with Crippen LogP contribution >= 0.6 is 15.9 Å². The third kappa shape index (κ3) is 4.11. The predicted molar refractivity (Wildman–Crippen MR) is 83.2 cm³/mol. The lowest BCUT2D eigenvalue weighted by molar-refractivity contribution is 0.177. The molecule has 1 fully saturated rings. The minimum absolute atomic E-state index is 0.00231. The third-order valence-electron chi connectivity index (χ3n) is 3.34. The number of nitrogens with one attached hydrogen (secondary N) is 1. The van der Waals surface area contributed by atoms with Crippen LogP contribution in [0.2, 0.25) is 0 Å². The Morgan fingerprint density at radius 1 is 1.25 bits per heavy atom. The lowest BCUT2D eigenvalue weighted by Gasteiger charge is -2.36. The summed E-state index contributed by atoms with van der Waals surface area (Å²) in [6, 6.07) is 8.27. The molecule has 2 amide bonds. The Balaban J connectivity index is 1.80. The molecule has 0 saturated carbocycles. The zero-order valence-corrected chi connectivity index (χ0v) is 13.2. The molecule has 0 spiro atoms. The van der Waals surface area contributed by atoms with Gasteiger partial charge < -0.3 is 19.9 Å². The molecule has 0 aliphatic carbocycles. The molecule has 1 heterocycles. The van der Waals surface area contributed by atoms with Crippen LogP contribution < -0.4 is 10.2 Å². The number of methoxy groups -OCH3 is 1. The van der Waals surface area contributed by atoms with E-state index in [2.05, 4.69) is 38.3 Å². The average Bonchev–Trinajstić information content (AvgIpc) is 2.48. The van der Waals surface area contributed by atoms with Gasteiger partial charge in [0.05, 0.1) is 6.61 Å². The number of halogens is 1. The number of nitrogens with zero attached hydrogens (tertiary/aromatic N) is 2. The number of anilines is 1. The van der Waals surface area contributed by atoms with E-state index in [-0.39, 0.29) is 6.03 Å². The van der Waals surface area contributed by atoms with Gasteiger partial charge in [-0.05, 0) is 24.3 Å². The largest absolute Gasteiger partial charge is 0.383 e. The van der Waals surface area contributed by atoms with Crippen LogP contribution in [0.15, 0.2) is 28.7 Å². The highest BCUT2D eigenvalue weighted by Crippen LogP contribution is 2.19. The topological polar surface area (TPSA) is 44.8 Å². The van der Waals surface area contributed by atoms with Crippen LogP contribution in [0, 0.1) is 0 Å². The van der Waals surface area contributed by atoms with E-state index in [1.165, 1.54) is 5.69 Å². The Labute approximate surface area is 128 Å². The van der Waals surface area contributed by atoms with Crippen LogP contribution in [0.5, 0.6) is 0 Å². The summed E-state index contributed by atoms with van der Waals surface area (Å²) in [4.78, 5) is 16.0. The normalized spacial score (nSPS) is 15.3. The minimum Gasteiger partial charge on any atom is -0.383 e. The van der Waals surface area contributed by atoms with Crippen molar-refractivity contribution in [2.24, 2.45) is 0 Å². The zero-order valence-electron chi connectivity index (χ0n) is 11.6. The second-order valence-electron chi connectivity index (χ2n) is 4.68. The van der Waals surface area contributed by atoms with Crippen LogP contribution in [-0.2, 0) is 4.74 Å². The fraction of sp³-hybridized carbons (Fsp3) is 0.500. The molecule has 20 heavy (non-hydrogen) atoms. The maximum atomic E-state index is 11.9. The summed E-state index contributed by atoms with van der Waals surface area (Å²) in [7, 11) is 1.63. The van der Waals surface area contributed by atoms with Crippen molar-refractivity contribution >= 4 is 27.6 Å². The van der Waals surface area contributed by atoms with E-state index in [9.17, 15) is 4.79 Å². The molecule has 1 N–H and O–H groups in total. The maximum absolute atomic E-state index is 11.9. The molecule has 0 bridgehead atoms. The highest BCUT2D eigenvalue weighted by atomic mass is 79.9. The summed E-state index contributed by atoms with van der Waals surface area (Å²) >= 11 is 3.44. The summed E-state index contributed by atoms with van der Waals surface area (Å²) in [6.45, 7) is 4.31. The molecule has 110 valence electrons. The fourth-order valence-electron chi connectivity index (χ4n) is 2.19. The van der Waals surface area contributed by atoms with Crippen LogP contribution in [0.3, 0.4) is 0 Å². The van der Waals surface area contributed by atoms with Crippen molar-refractivity contribution in [2.45, 2.75) is 0 Å². The molecular formula is C14H20BrN3O2. The molecule has 2 rings (SSSR count). The average molecular weight is 342 g/mol. The number of carbonyl (C=O) groups is 1. The van der Waals surface area contributed by atoms with E-state index in [1.807, 2.05) is 17.0 Å². The molecule has 6 heteroatoms. The fourth-order valence-corrected chi connectivity index (χ4v) is 2.46. The number of hydrogen-bond acceptors (Lipinski definition) is 3. The quantitative estimate of drug-likeness (QED) is 0.851. The lowest BCUT2D eigenvalue weighted by atomic mass is 10.2. The van der Waals surface area contributed by atoms with Gasteiger partial charge in [0.2, 0.25) is 0 Å². The molecule has 0 radical (unpaired) electrons. The number of rotatable bonds is 4. The van der Waals surface area contributed by atoms with Crippen molar-refractivity contribution in [3.05, 3.63) is 28.7 Å². The number of hydrogen-bond donors (Lipinski definition) is 1. The molecule has 5 nitrogen and oxygen atoms in total. The van der Waals surface area contributed by atoms with E-state index in [4.69, 9.17) is 4.74 Å². The Morgan fingerprint density at radius 3 is 2.50 bits per heavy atom. The van der Waals surface area contributed by atoms with Crippen LogP contribution in [-0.4, -0.2) is 57.4 Å². The van der Waals surface area contributed by atoms with Gasteiger partial charge in [-0.25, -0.2) is 4.79 Å². The minimum atomic E-state index is -0.00231. The van der Waals surface area contributed by atoms with Gasteiger partial charge in [0.1, 0.15) is 0 Å². The second kappa shape index (κ2) is 7.50. The number of carbonyl (C=O) groups excluding carboxylic acids is 1. The van der Waals surface area contributed by atoms with Crippen molar-refractivity contribution in [2.75, 3.05) is 51.3 Å². The van der Waals surface area contributed by atoms with Gasteiger partial charge in [0.25, 0.3) is 0 Å². The van der Waals surface area contributed by atoms with Gasteiger partial charge in [0.15, 0.2) is 0 Å². The lowest BCUT2D eigenvalue weighted by Crippen LogP contribution is -2.52. The van der Waals surface area contributed by atoms with Crippen molar-refractivity contribution < 1.29 is 9.53 Å². The first-order chi connectivity index (χ1) is 9.70. The number of benzene rings is 1. The van der Waals surface area contributed by atoms with E-state index in [0.717, 1.165) is 30.7 Å².